The molecule has 0 bridgehead atoms. The van der Waals surface area contributed by atoms with Crippen LogP contribution in [-0.2, 0) is 39.3 Å². The van der Waals surface area contributed by atoms with Crippen molar-refractivity contribution in [2.75, 3.05) is 5.75 Å². The Bertz CT molecular complexity index is 1010. The Morgan fingerprint density at radius 2 is 0.645 bits per heavy atom. The maximum Gasteiger partial charge on any atom is 0.500 e. The average molecular weight is 572 g/mol. The molecule has 0 aromatic carbocycles. The summed E-state index contributed by atoms with van der Waals surface area (Å²) in [5.41, 5.74) is -29.4. The molecule has 0 fully saturated rings. The van der Waals surface area contributed by atoms with Gasteiger partial charge in [-0.15, -0.1) is 0 Å². The fourth-order valence-electron chi connectivity index (χ4n) is 1.74. The summed E-state index contributed by atoms with van der Waals surface area (Å²) in [7, 11) is -33.5. The van der Waals surface area contributed by atoms with Gasteiger partial charge in [-0.2, -0.15) is 52.7 Å². The number of halogens is 12. The predicted octanol–water partition coefficient (Wildman–Crippen LogP) is 1.77. The summed E-state index contributed by atoms with van der Waals surface area (Å²) >= 11 is 0. The van der Waals surface area contributed by atoms with Crippen molar-refractivity contribution in [1.29, 1.82) is 0 Å². The largest absolute Gasteiger partial charge is 0.500 e. The molecular weight excluding hydrogens is 568 g/mol. The van der Waals surface area contributed by atoms with Crippen molar-refractivity contribution in [2.24, 2.45) is 0 Å². The van der Waals surface area contributed by atoms with E-state index in [4.69, 9.17) is 0 Å². The van der Waals surface area contributed by atoms with E-state index < -0.39 is 77.0 Å². The molecule has 0 spiro atoms. The first kappa shape index (κ1) is 30.0. The first-order chi connectivity index (χ1) is 13.0. The molecule has 0 aromatic rings. The minimum absolute atomic E-state index is 3.55. The van der Waals surface area contributed by atoms with Crippen molar-refractivity contribution in [3.05, 3.63) is 0 Å². The summed E-state index contributed by atoms with van der Waals surface area (Å²) in [4.78, 5) is 0. The predicted molar refractivity (Wildman–Crippen MR) is 72.1 cm³/mol. The van der Waals surface area contributed by atoms with Crippen LogP contribution in [0.3, 0.4) is 0 Å². The SMILES string of the molecule is O=S(=O)(CCC(S(=O)(=O)C(F)(F)F)(S(=O)(=O)C(F)(F)F)S(=O)(=O)C(F)(F)F)C(F)(F)F. The van der Waals surface area contributed by atoms with Gasteiger partial charge in [0.25, 0.3) is 32.9 Å². The van der Waals surface area contributed by atoms with Crippen LogP contribution in [0.15, 0.2) is 0 Å². The van der Waals surface area contributed by atoms with Crippen molar-refractivity contribution >= 4 is 39.3 Å². The molecule has 0 unspecified atom stereocenters. The minimum Gasteiger partial charge on any atom is -0.220 e. The maximum atomic E-state index is 12.8. The lowest BCUT2D eigenvalue weighted by Crippen LogP contribution is -2.64. The standard InChI is InChI=1S/C7H4F12O8S4/c8-4(9,10)28(20,21)2-1-3(29(22,23)5(11,12)13,30(24,25)6(14,15)16)31(26,27)7(17,18)19/h1-2H2. The summed E-state index contributed by atoms with van der Waals surface area (Å²) in [6, 6.07) is 0. The van der Waals surface area contributed by atoms with E-state index in [1.807, 2.05) is 0 Å². The van der Waals surface area contributed by atoms with Crippen LogP contribution in [-0.4, -0.2) is 64.9 Å². The minimum atomic E-state index is -8.80. The number of hydrogen-bond donors (Lipinski definition) is 0. The van der Waals surface area contributed by atoms with Gasteiger partial charge in [-0.05, 0) is 0 Å². The number of alkyl halides is 12. The van der Waals surface area contributed by atoms with Crippen LogP contribution in [0, 0.1) is 0 Å². The maximum absolute atomic E-state index is 12.8. The van der Waals surface area contributed by atoms with Crippen molar-refractivity contribution in [2.45, 2.75) is 31.9 Å². The highest BCUT2D eigenvalue weighted by Gasteiger charge is 2.83. The lowest BCUT2D eigenvalue weighted by molar-refractivity contribution is -0.0515. The van der Waals surface area contributed by atoms with E-state index in [1.54, 1.807) is 0 Å². The van der Waals surface area contributed by atoms with Gasteiger partial charge in [-0.1, -0.05) is 0 Å². The van der Waals surface area contributed by atoms with Crippen LogP contribution in [0.5, 0.6) is 0 Å². The van der Waals surface area contributed by atoms with Gasteiger partial charge in [0.15, 0.2) is 0 Å². The first-order valence-electron chi connectivity index (χ1n) is 6.17. The zero-order chi connectivity index (χ0) is 25.9. The highest BCUT2D eigenvalue weighted by molar-refractivity contribution is 8.26. The third kappa shape index (κ3) is 4.43. The second-order valence-electron chi connectivity index (χ2n) is 5.05. The van der Waals surface area contributed by atoms with Crippen LogP contribution >= 0.6 is 0 Å². The van der Waals surface area contributed by atoms with Crippen LogP contribution in [0.25, 0.3) is 0 Å². The molecule has 0 aliphatic rings. The number of sulfone groups is 4. The molecule has 8 nitrogen and oxygen atoms in total. The summed E-state index contributed by atoms with van der Waals surface area (Å²) in [5, 5.41) is 0. The zero-order valence-electron chi connectivity index (χ0n) is 13.3. The fraction of sp³-hybridized carbons (Fsp3) is 1.00. The molecule has 0 rings (SSSR count). The zero-order valence-corrected chi connectivity index (χ0v) is 16.6. The van der Waals surface area contributed by atoms with Gasteiger partial charge in [0, 0.05) is 6.42 Å². The second kappa shape index (κ2) is 7.50. The van der Waals surface area contributed by atoms with Crippen molar-refractivity contribution in [3.8, 4) is 0 Å². The summed E-state index contributed by atoms with van der Waals surface area (Å²) in [6.07, 6.45) is -3.99. The lowest BCUT2D eigenvalue weighted by atomic mass is 10.5. The molecule has 0 aliphatic heterocycles. The Kier molecular flexibility index (Phi) is 7.24. The molecule has 0 saturated carbocycles. The Labute approximate surface area is 163 Å². The summed E-state index contributed by atoms with van der Waals surface area (Å²) in [6.45, 7) is 0. The summed E-state index contributed by atoms with van der Waals surface area (Å²) < 4.78 is 235. The molecule has 0 saturated heterocycles. The van der Waals surface area contributed by atoms with Crippen molar-refractivity contribution in [3.63, 3.8) is 0 Å². The molecule has 0 N–H and O–H groups in total. The molecule has 0 amide bonds. The van der Waals surface area contributed by atoms with Gasteiger partial charge in [-0.25, -0.2) is 33.7 Å². The molecule has 0 heterocycles. The Morgan fingerprint density at radius 3 is 0.806 bits per heavy atom. The van der Waals surface area contributed by atoms with E-state index in [-0.39, 0.29) is 0 Å². The van der Waals surface area contributed by atoms with E-state index in [1.165, 1.54) is 0 Å². The monoisotopic (exact) mass is 572 g/mol. The van der Waals surface area contributed by atoms with E-state index in [0.717, 1.165) is 0 Å². The molecular formula is C7H4F12O8S4. The van der Waals surface area contributed by atoms with Gasteiger partial charge in [0.05, 0.1) is 5.75 Å². The Hall–Kier alpha value is -1.04. The van der Waals surface area contributed by atoms with Crippen molar-refractivity contribution < 1.29 is 86.4 Å². The molecule has 31 heavy (non-hydrogen) atoms. The molecule has 0 aliphatic carbocycles. The topological polar surface area (TPSA) is 137 Å². The Morgan fingerprint density at radius 1 is 0.419 bits per heavy atom. The second-order valence-corrected chi connectivity index (χ2v) is 14.4. The quantitative estimate of drug-likeness (QED) is 0.440. The highest BCUT2D eigenvalue weighted by atomic mass is 32.3. The van der Waals surface area contributed by atoms with Gasteiger partial charge in [0.2, 0.25) is 9.84 Å². The van der Waals surface area contributed by atoms with Crippen LogP contribution < -0.4 is 0 Å². The van der Waals surface area contributed by atoms with E-state index >= 15 is 0 Å². The van der Waals surface area contributed by atoms with Gasteiger partial charge >= 0.3 is 22.0 Å². The molecule has 0 atom stereocenters. The highest BCUT2D eigenvalue weighted by Crippen LogP contribution is 2.53. The smallest absolute Gasteiger partial charge is 0.220 e. The van der Waals surface area contributed by atoms with E-state index in [2.05, 4.69) is 0 Å². The average Bonchev–Trinajstić information content (AvgIpc) is 2.41. The van der Waals surface area contributed by atoms with E-state index in [0.29, 0.717) is 0 Å². The number of hydrogen-bond acceptors (Lipinski definition) is 8. The van der Waals surface area contributed by atoms with Gasteiger partial charge in [-0.3, -0.25) is 0 Å². The van der Waals surface area contributed by atoms with Crippen LogP contribution in [0.2, 0.25) is 0 Å². The van der Waals surface area contributed by atoms with Gasteiger partial charge in [0.1, 0.15) is 0 Å². The number of rotatable bonds is 6. The molecule has 24 heteroatoms. The molecule has 188 valence electrons. The summed E-state index contributed by atoms with van der Waals surface area (Å²) in [5.74, 6) is -3.55. The fourth-order valence-corrected chi connectivity index (χ4v) is 10.3. The van der Waals surface area contributed by atoms with E-state index in [9.17, 15) is 86.4 Å². The first-order valence-corrected chi connectivity index (χ1v) is 12.3. The Balaban J connectivity index is 7.96. The molecule has 0 radical (unpaired) electrons. The molecule has 0 aromatic heterocycles. The third-order valence-corrected chi connectivity index (χ3v) is 13.5. The lowest BCUT2D eigenvalue weighted by Gasteiger charge is -2.33. The van der Waals surface area contributed by atoms with Crippen molar-refractivity contribution in [1.82, 2.24) is 0 Å². The normalized spacial score (nSPS) is 16.4. The third-order valence-electron chi connectivity index (χ3n) is 3.17. The van der Waals surface area contributed by atoms with Gasteiger partial charge < -0.3 is 0 Å². The van der Waals surface area contributed by atoms with Crippen LogP contribution in [0.1, 0.15) is 6.42 Å². The van der Waals surface area contributed by atoms with Crippen LogP contribution in [0.4, 0.5) is 52.7 Å².